The molecule has 1 saturated carbocycles. The van der Waals surface area contributed by atoms with E-state index in [4.69, 9.17) is 4.99 Å². The lowest BCUT2D eigenvalue weighted by molar-refractivity contribution is 0.136. The van der Waals surface area contributed by atoms with Crippen molar-refractivity contribution in [3.8, 4) is 0 Å². The molecule has 0 aromatic carbocycles. The molecule has 0 radical (unpaired) electrons. The first-order chi connectivity index (χ1) is 10.7. The fourth-order valence-corrected chi connectivity index (χ4v) is 3.83. The van der Waals surface area contributed by atoms with E-state index in [1.807, 2.05) is 0 Å². The Morgan fingerprint density at radius 3 is 2.52 bits per heavy atom. The number of likely N-dealkylation sites (N-methyl/N-ethyl adjacent to an activating group) is 1. The van der Waals surface area contributed by atoms with Gasteiger partial charge in [0.25, 0.3) is 0 Å². The van der Waals surface area contributed by atoms with Gasteiger partial charge in [0.05, 0.1) is 6.10 Å². The van der Waals surface area contributed by atoms with Crippen LogP contribution in [0.15, 0.2) is 4.99 Å². The summed E-state index contributed by atoms with van der Waals surface area (Å²) < 4.78 is 0. The summed E-state index contributed by atoms with van der Waals surface area (Å²) in [6.07, 6.45) is 4.29. The quantitative estimate of drug-likeness (QED) is 0.379. The highest BCUT2D eigenvalue weighted by molar-refractivity contribution is 14.0. The Bertz CT molecular complexity index is 363. The van der Waals surface area contributed by atoms with Crippen LogP contribution in [-0.4, -0.2) is 72.3 Å². The van der Waals surface area contributed by atoms with Gasteiger partial charge in [0.2, 0.25) is 0 Å². The van der Waals surface area contributed by atoms with Crippen molar-refractivity contribution < 1.29 is 5.11 Å². The SMILES string of the molecule is CCNC(=NCC1CCCC1O)N1CCC(N(CC)CC)C1.I. The smallest absolute Gasteiger partial charge is 0.193 e. The first-order valence-corrected chi connectivity index (χ1v) is 9.14. The Kier molecular flexibility index (Phi) is 9.77. The van der Waals surface area contributed by atoms with Crippen molar-refractivity contribution in [2.24, 2.45) is 10.9 Å². The van der Waals surface area contributed by atoms with Crippen LogP contribution in [0.25, 0.3) is 0 Å². The predicted octanol–water partition coefficient (Wildman–Crippen LogP) is 2.15. The molecule has 3 unspecified atom stereocenters. The summed E-state index contributed by atoms with van der Waals surface area (Å²) in [6, 6.07) is 0.649. The van der Waals surface area contributed by atoms with Crippen molar-refractivity contribution in [2.45, 2.75) is 58.6 Å². The Hall–Kier alpha value is -0.0800. The van der Waals surface area contributed by atoms with Crippen molar-refractivity contribution in [3.05, 3.63) is 0 Å². The molecule has 5 nitrogen and oxygen atoms in total. The van der Waals surface area contributed by atoms with Crippen LogP contribution >= 0.6 is 24.0 Å². The molecule has 3 atom stereocenters. The second kappa shape index (κ2) is 10.7. The fourth-order valence-electron chi connectivity index (χ4n) is 3.83. The van der Waals surface area contributed by atoms with Crippen LogP contribution in [0.2, 0.25) is 0 Å². The molecule has 1 aliphatic heterocycles. The Morgan fingerprint density at radius 2 is 1.96 bits per heavy atom. The van der Waals surface area contributed by atoms with Crippen molar-refractivity contribution in [1.29, 1.82) is 0 Å². The van der Waals surface area contributed by atoms with E-state index in [9.17, 15) is 5.11 Å². The lowest BCUT2D eigenvalue weighted by Crippen LogP contribution is -2.43. The Labute approximate surface area is 158 Å². The van der Waals surface area contributed by atoms with Crippen molar-refractivity contribution >= 4 is 29.9 Å². The molecule has 2 rings (SSSR count). The first-order valence-electron chi connectivity index (χ1n) is 9.14. The lowest BCUT2D eigenvalue weighted by Gasteiger charge is -2.27. The number of hydrogen-bond donors (Lipinski definition) is 2. The van der Waals surface area contributed by atoms with Gasteiger partial charge in [-0.15, -0.1) is 24.0 Å². The highest BCUT2D eigenvalue weighted by Crippen LogP contribution is 2.25. The number of nitrogens with one attached hydrogen (secondary N) is 1. The number of hydrogen-bond acceptors (Lipinski definition) is 3. The van der Waals surface area contributed by atoms with Crippen LogP contribution < -0.4 is 5.32 Å². The maximum absolute atomic E-state index is 9.97. The van der Waals surface area contributed by atoms with Gasteiger partial charge in [0.1, 0.15) is 0 Å². The third-order valence-electron chi connectivity index (χ3n) is 5.22. The van der Waals surface area contributed by atoms with E-state index in [1.54, 1.807) is 0 Å². The van der Waals surface area contributed by atoms with Gasteiger partial charge in [-0.1, -0.05) is 20.3 Å². The average molecular weight is 438 g/mol. The van der Waals surface area contributed by atoms with E-state index >= 15 is 0 Å². The number of guanidine groups is 1. The van der Waals surface area contributed by atoms with E-state index in [-0.39, 0.29) is 30.1 Å². The fraction of sp³-hybridized carbons (Fsp3) is 0.941. The Morgan fingerprint density at radius 1 is 1.22 bits per heavy atom. The van der Waals surface area contributed by atoms with Gasteiger partial charge in [-0.05, 0) is 39.3 Å². The number of aliphatic hydroxyl groups excluding tert-OH is 1. The summed E-state index contributed by atoms with van der Waals surface area (Å²) in [5, 5.41) is 13.4. The summed E-state index contributed by atoms with van der Waals surface area (Å²) in [6.45, 7) is 12.7. The van der Waals surface area contributed by atoms with Crippen molar-refractivity contribution in [3.63, 3.8) is 0 Å². The van der Waals surface area contributed by atoms with Gasteiger partial charge in [0, 0.05) is 38.1 Å². The molecule has 136 valence electrons. The van der Waals surface area contributed by atoms with Crippen LogP contribution in [0.4, 0.5) is 0 Å². The first kappa shape index (κ1) is 21.0. The van der Waals surface area contributed by atoms with Gasteiger partial charge < -0.3 is 15.3 Å². The van der Waals surface area contributed by atoms with Crippen LogP contribution in [-0.2, 0) is 0 Å². The van der Waals surface area contributed by atoms with Gasteiger partial charge in [-0.2, -0.15) is 0 Å². The molecule has 0 aromatic rings. The second-order valence-corrected chi connectivity index (χ2v) is 6.56. The van der Waals surface area contributed by atoms with Gasteiger partial charge in [0.15, 0.2) is 5.96 Å². The lowest BCUT2D eigenvalue weighted by atomic mass is 10.1. The number of rotatable bonds is 6. The van der Waals surface area contributed by atoms with Crippen LogP contribution in [0.5, 0.6) is 0 Å². The number of aliphatic imine (C=N–C) groups is 1. The number of halogens is 1. The minimum absolute atomic E-state index is 0. The van der Waals surface area contributed by atoms with Gasteiger partial charge in [-0.25, -0.2) is 0 Å². The molecule has 0 spiro atoms. The van der Waals surface area contributed by atoms with E-state index < -0.39 is 0 Å². The highest BCUT2D eigenvalue weighted by Gasteiger charge is 2.29. The van der Waals surface area contributed by atoms with Crippen molar-refractivity contribution in [2.75, 3.05) is 39.3 Å². The average Bonchev–Trinajstić information content (AvgIpc) is 3.15. The Balaban J connectivity index is 0.00000264. The standard InChI is InChI=1S/C17H34N4O.HI/c1-4-18-17(19-12-14-8-7-9-16(14)22)21-11-10-15(13-21)20(5-2)6-3;/h14-16,22H,4-13H2,1-3H3,(H,18,19);1H. The van der Waals surface area contributed by atoms with Crippen molar-refractivity contribution in [1.82, 2.24) is 15.1 Å². The molecule has 2 aliphatic rings. The molecule has 0 bridgehead atoms. The summed E-state index contributed by atoms with van der Waals surface area (Å²) in [4.78, 5) is 9.77. The maximum atomic E-state index is 9.97. The molecule has 2 N–H and O–H groups in total. The summed E-state index contributed by atoms with van der Waals surface area (Å²) in [5.74, 6) is 1.39. The molecule has 1 heterocycles. The van der Waals surface area contributed by atoms with E-state index in [2.05, 4.69) is 35.9 Å². The molecule has 0 amide bonds. The predicted molar refractivity (Wildman–Crippen MR) is 108 cm³/mol. The van der Waals surface area contributed by atoms with Crippen LogP contribution in [0.1, 0.15) is 46.5 Å². The minimum atomic E-state index is -0.145. The third-order valence-corrected chi connectivity index (χ3v) is 5.22. The van der Waals surface area contributed by atoms with E-state index in [1.165, 1.54) is 6.42 Å². The highest BCUT2D eigenvalue weighted by atomic mass is 127. The number of nitrogens with zero attached hydrogens (tertiary/aromatic N) is 3. The zero-order valence-corrected chi connectivity index (χ0v) is 17.3. The van der Waals surface area contributed by atoms with Crippen LogP contribution in [0.3, 0.4) is 0 Å². The second-order valence-electron chi connectivity index (χ2n) is 6.56. The topological polar surface area (TPSA) is 51.1 Å². The zero-order chi connectivity index (χ0) is 15.9. The summed E-state index contributed by atoms with van der Waals surface area (Å²) in [5.41, 5.74) is 0. The molecule has 0 aromatic heterocycles. The van der Waals surface area contributed by atoms with E-state index in [0.29, 0.717) is 12.0 Å². The summed E-state index contributed by atoms with van der Waals surface area (Å²) >= 11 is 0. The maximum Gasteiger partial charge on any atom is 0.193 e. The zero-order valence-electron chi connectivity index (χ0n) is 15.0. The molecule has 6 heteroatoms. The number of aliphatic hydroxyl groups is 1. The molecular weight excluding hydrogens is 403 g/mol. The van der Waals surface area contributed by atoms with E-state index in [0.717, 1.165) is 64.5 Å². The molecule has 23 heavy (non-hydrogen) atoms. The molecule has 1 saturated heterocycles. The van der Waals surface area contributed by atoms with Crippen LogP contribution in [0, 0.1) is 5.92 Å². The molecule has 2 fully saturated rings. The monoisotopic (exact) mass is 438 g/mol. The summed E-state index contributed by atoms with van der Waals surface area (Å²) in [7, 11) is 0. The molecular formula is C17H35IN4O. The molecule has 1 aliphatic carbocycles. The number of likely N-dealkylation sites (tertiary alicyclic amines) is 1. The largest absolute Gasteiger partial charge is 0.393 e. The normalized spacial score (nSPS) is 28.3. The minimum Gasteiger partial charge on any atom is -0.393 e. The van der Waals surface area contributed by atoms with Gasteiger partial charge in [-0.3, -0.25) is 9.89 Å². The third kappa shape index (κ3) is 5.74. The van der Waals surface area contributed by atoms with Gasteiger partial charge >= 0.3 is 0 Å².